The molecule has 4 heteroatoms. The maximum atomic E-state index is 12.0. The molecule has 1 aliphatic rings. The Kier molecular flexibility index (Phi) is 5.01. The second-order valence-corrected chi connectivity index (χ2v) is 5.90. The predicted octanol–water partition coefficient (Wildman–Crippen LogP) is 2.66. The van der Waals surface area contributed by atoms with Crippen LogP contribution in [0.25, 0.3) is 0 Å². The minimum Gasteiger partial charge on any atom is -0.445 e. The molecule has 0 saturated carbocycles. The maximum absolute atomic E-state index is 12.0. The van der Waals surface area contributed by atoms with Crippen LogP contribution in [0.1, 0.15) is 25.8 Å². The summed E-state index contributed by atoms with van der Waals surface area (Å²) in [7, 11) is 0. The van der Waals surface area contributed by atoms with Gasteiger partial charge in [0.05, 0.1) is 12.6 Å². The Labute approximate surface area is 120 Å². The Hall–Kier alpha value is -1.55. The Morgan fingerprint density at radius 1 is 1.35 bits per heavy atom. The molecule has 0 bridgehead atoms. The number of aliphatic hydroxyl groups is 1. The number of likely N-dealkylation sites (tertiary alicyclic amines) is 1. The van der Waals surface area contributed by atoms with E-state index >= 15 is 0 Å². The molecule has 1 N–H and O–H groups in total. The van der Waals surface area contributed by atoms with Gasteiger partial charge in [0.25, 0.3) is 0 Å². The van der Waals surface area contributed by atoms with E-state index in [1.807, 2.05) is 30.3 Å². The molecule has 0 unspecified atom stereocenters. The Bertz CT molecular complexity index is 433. The molecule has 0 aliphatic carbocycles. The molecule has 1 aliphatic heterocycles. The molecule has 1 amide bonds. The molecule has 2 rings (SSSR count). The summed E-state index contributed by atoms with van der Waals surface area (Å²) in [6, 6.07) is 9.61. The van der Waals surface area contributed by atoms with E-state index in [2.05, 4.69) is 13.8 Å². The van der Waals surface area contributed by atoms with Crippen molar-refractivity contribution in [3.05, 3.63) is 35.9 Å². The Balaban J connectivity index is 1.82. The first kappa shape index (κ1) is 14.9. The number of carbonyl (C=O) groups is 1. The van der Waals surface area contributed by atoms with Crippen molar-refractivity contribution in [2.75, 3.05) is 13.1 Å². The molecule has 110 valence electrons. The first-order valence-electron chi connectivity index (χ1n) is 7.20. The van der Waals surface area contributed by atoms with Crippen LogP contribution >= 0.6 is 0 Å². The lowest BCUT2D eigenvalue weighted by molar-refractivity contribution is 0.0965. The van der Waals surface area contributed by atoms with Crippen molar-refractivity contribution in [3.63, 3.8) is 0 Å². The molecule has 4 nitrogen and oxygen atoms in total. The van der Waals surface area contributed by atoms with E-state index in [9.17, 15) is 9.90 Å². The summed E-state index contributed by atoms with van der Waals surface area (Å²) in [5.41, 5.74) is 0.972. The Morgan fingerprint density at radius 2 is 2.05 bits per heavy atom. The van der Waals surface area contributed by atoms with E-state index in [4.69, 9.17) is 4.74 Å². The topological polar surface area (TPSA) is 49.8 Å². The molecule has 1 fully saturated rings. The molecule has 20 heavy (non-hydrogen) atoms. The van der Waals surface area contributed by atoms with E-state index in [0.29, 0.717) is 19.0 Å². The first-order chi connectivity index (χ1) is 9.56. The second kappa shape index (κ2) is 6.75. The fraction of sp³-hybridized carbons (Fsp3) is 0.562. The van der Waals surface area contributed by atoms with Crippen molar-refractivity contribution in [3.8, 4) is 0 Å². The van der Waals surface area contributed by atoms with Gasteiger partial charge >= 0.3 is 6.09 Å². The molecule has 0 spiro atoms. The number of nitrogens with zero attached hydrogens (tertiary/aromatic N) is 1. The first-order valence-corrected chi connectivity index (χ1v) is 7.20. The van der Waals surface area contributed by atoms with Gasteiger partial charge in [-0.1, -0.05) is 44.2 Å². The summed E-state index contributed by atoms with van der Waals surface area (Å²) in [4.78, 5) is 13.6. The number of aliphatic hydroxyl groups excluding tert-OH is 1. The van der Waals surface area contributed by atoms with Crippen LogP contribution in [0, 0.1) is 11.8 Å². The number of amides is 1. The van der Waals surface area contributed by atoms with E-state index in [1.165, 1.54) is 0 Å². The number of hydrogen-bond acceptors (Lipinski definition) is 3. The van der Waals surface area contributed by atoms with Crippen molar-refractivity contribution >= 4 is 6.09 Å². The summed E-state index contributed by atoms with van der Waals surface area (Å²) in [5, 5.41) is 9.99. The molecule has 1 heterocycles. The summed E-state index contributed by atoms with van der Waals surface area (Å²) >= 11 is 0. The molecule has 1 aromatic carbocycles. The van der Waals surface area contributed by atoms with E-state index < -0.39 is 6.10 Å². The summed E-state index contributed by atoms with van der Waals surface area (Å²) < 4.78 is 5.29. The van der Waals surface area contributed by atoms with Crippen LogP contribution in [-0.4, -0.2) is 35.3 Å². The molecule has 1 aromatic rings. The number of carbonyl (C=O) groups excluding carboxylic acids is 1. The number of benzene rings is 1. The third-order valence-corrected chi connectivity index (χ3v) is 3.64. The average molecular weight is 277 g/mol. The van der Waals surface area contributed by atoms with Gasteiger partial charge in [0.1, 0.15) is 6.61 Å². The van der Waals surface area contributed by atoms with Gasteiger partial charge in [0.2, 0.25) is 0 Å². The van der Waals surface area contributed by atoms with Crippen LogP contribution in [-0.2, 0) is 11.3 Å². The van der Waals surface area contributed by atoms with E-state index in [-0.39, 0.29) is 18.6 Å². The van der Waals surface area contributed by atoms with Crippen LogP contribution in [0.2, 0.25) is 0 Å². The highest BCUT2D eigenvalue weighted by Crippen LogP contribution is 2.24. The minimum atomic E-state index is -0.429. The lowest BCUT2D eigenvalue weighted by Crippen LogP contribution is -2.30. The third-order valence-electron chi connectivity index (χ3n) is 3.64. The number of hydrogen-bond donors (Lipinski definition) is 1. The predicted molar refractivity (Wildman–Crippen MR) is 77.2 cm³/mol. The van der Waals surface area contributed by atoms with Gasteiger partial charge in [-0.15, -0.1) is 0 Å². The monoisotopic (exact) mass is 277 g/mol. The zero-order valence-electron chi connectivity index (χ0n) is 12.2. The van der Waals surface area contributed by atoms with Gasteiger partial charge in [-0.3, -0.25) is 0 Å². The van der Waals surface area contributed by atoms with Gasteiger partial charge < -0.3 is 14.7 Å². The van der Waals surface area contributed by atoms with Crippen LogP contribution < -0.4 is 0 Å². The smallest absolute Gasteiger partial charge is 0.410 e. The zero-order chi connectivity index (χ0) is 14.5. The fourth-order valence-corrected chi connectivity index (χ4v) is 2.65. The zero-order valence-corrected chi connectivity index (χ0v) is 12.2. The molecule has 0 aromatic heterocycles. The number of rotatable bonds is 4. The normalized spacial score (nSPS) is 22.3. The maximum Gasteiger partial charge on any atom is 0.410 e. The molecule has 0 radical (unpaired) electrons. The molecule has 2 atom stereocenters. The highest BCUT2D eigenvalue weighted by atomic mass is 16.6. The van der Waals surface area contributed by atoms with Gasteiger partial charge in [0, 0.05) is 12.5 Å². The minimum absolute atomic E-state index is 0.166. The lowest BCUT2D eigenvalue weighted by Gasteiger charge is -2.17. The summed E-state index contributed by atoms with van der Waals surface area (Å²) in [5.74, 6) is 0.689. The van der Waals surface area contributed by atoms with Gasteiger partial charge in [-0.25, -0.2) is 4.79 Å². The third kappa shape index (κ3) is 3.97. The van der Waals surface area contributed by atoms with E-state index in [0.717, 1.165) is 12.0 Å². The van der Waals surface area contributed by atoms with Crippen LogP contribution in [0.5, 0.6) is 0 Å². The highest BCUT2D eigenvalue weighted by Gasteiger charge is 2.34. The van der Waals surface area contributed by atoms with Crippen molar-refractivity contribution < 1.29 is 14.6 Å². The standard InChI is InChI=1S/C16H23NO3/c1-12(2)8-14-9-17(10-15(14)18)16(19)20-11-13-6-4-3-5-7-13/h3-7,12,14-15,18H,8-11H2,1-2H3/t14-,15-/m1/s1. The van der Waals surface area contributed by atoms with E-state index in [1.54, 1.807) is 4.90 Å². The van der Waals surface area contributed by atoms with Crippen LogP contribution in [0.3, 0.4) is 0 Å². The quantitative estimate of drug-likeness (QED) is 0.920. The summed E-state index contributed by atoms with van der Waals surface area (Å²) in [6.07, 6.45) is 0.171. The molecular formula is C16H23NO3. The summed E-state index contributed by atoms with van der Waals surface area (Å²) in [6.45, 7) is 5.51. The van der Waals surface area contributed by atoms with Crippen LogP contribution in [0.4, 0.5) is 4.79 Å². The van der Waals surface area contributed by atoms with Crippen LogP contribution in [0.15, 0.2) is 30.3 Å². The molecule has 1 saturated heterocycles. The number of β-amino-alcohol motifs (C(OH)–C–C–N with tert-alkyl or cyclic N) is 1. The lowest BCUT2D eigenvalue weighted by atomic mass is 9.95. The van der Waals surface area contributed by atoms with Gasteiger partial charge in [-0.05, 0) is 17.9 Å². The van der Waals surface area contributed by atoms with Gasteiger partial charge in [0.15, 0.2) is 0 Å². The second-order valence-electron chi connectivity index (χ2n) is 5.90. The largest absolute Gasteiger partial charge is 0.445 e. The van der Waals surface area contributed by atoms with Crippen molar-refractivity contribution in [2.45, 2.75) is 33.0 Å². The van der Waals surface area contributed by atoms with Gasteiger partial charge in [-0.2, -0.15) is 0 Å². The Morgan fingerprint density at radius 3 is 2.70 bits per heavy atom. The van der Waals surface area contributed by atoms with Crippen molar-refractivity contribution in [1.82, 2.24) is 4.90 Å². The molecular weight excluding hydrogens is 254 g/mol. The highest BCUT2D eigenvalue weighted by molar-refractivity contribution is 5.68. The average Bonchev–Trinajstić information content (AvgIpc) is 2.78. The fourth-order valence-electron chi connectivity index (χ4n) is 2.65. The van der Waals surface area contributed by atoms with Crippen molar-refractivity contribution in [1.29, 1.82) is 0 Å². The SMILES string of the molecule is CC(C)C[C@@H]1CN(C(=O)OCc2ccccc2)C[C@H]1O. The van der Waals surface area contributed by atoms with Crippen molar-refractivity contribution in [2.24, 2.45) is 11.8 Å². The number of ether oxygens (including phenoxy) is 1.